The van der Waals surface area contributed by atoms with Crippen LogP contribution in [-0.2, 0) is 10.0 Å². The molecule has 120 valence electrons. The van der Waals surface area contributed by atoms with Crippen LogP contribution in [0.25, 0.3) is 0 Å². The summed E-state index contributed by atoms with van der Waals surface area (Å²) in [4.78, 5) is 15.0. The van der Waals surface area contributed by atoms with E-state index in [1.807, 2.05) is 12.1 Å². The van der Waals surface area contributed by atoms with Crippen LogP contribution in [0.3, 0.4) is 0 Å². The van der Waals surface area contributed by atoms with Gasteiger partial charge in [0.25, 0.3) is 0 Å². The van der Waals surface area contributed by atoms with Crippen LogP contribution in [0.15, 0.2) is 53.7 Å². The fourth-order valence-corrected chi connectivity index (χ4v) is 4.53. The van der Waals surface area contributed by atoms with Gasteiger partial charge in [0.1, 0.15) is 0 Å². The maximum Gasteiger partial charge on any atom is 0.335 e. The van der Waals surface area contributed by atoms with E-state index >= 15 is 0 Å². The van der Waals surface area contributed by atoms with Gasteiger partial charge in [-0.3, -0.25) is 4.98 Å². The molecule has 2 aromatic rings. The first-order valence-electron chi connectivity index (χ1n) is 7.25. The van der Waals surface area contributed by atoms with Crippen LogP contribution in [-0.4, -0.2) is 35.3 Å². The summed E-state index contributed by atoms with van der Waals surface area (Å²) < 4.78 is 27.2. The van der Waals surface area contributed by atoms with Gasteiger partial charge in [-0.15, -0.1) is 0 Å². The van der Waals surface area contributed by atoms with Gasteiger partial charge in [0.15, 0.2) is 0 Å². The third kappa shape index (κ3) is 2.97. The molecule has 1 aromatic heterocycles. The molecule has 1 aromatic carbocycles. The van der Waals surface area contributed by atoms with Crippen molar-refractivity contribution >= 4 is 16.0 Å². The van der Waals surface area contributed by atoms with Crippen LogP contribution in [0.2, 0.25) is 0 Å². The summed E-state index contributed by atoms with van der Waals surface area (Å²) in [5.41, 5.74) is 0.985. The third-order valence-electron chi connectivity index (χ3n) is 4.00. The number of sulfonamides is 1. The molecule has 1 aliphatic heterocycles. The van der Waals surface area contributed by atoms with Crippen molar-refractivity contribution in [3.8, 4) is 0 Å². The Bertz CT molecular complexity index is 804. The van der Waals surface area contributed by atoms with Crippen molar-refractivity contribution in [3.05, 3.63) is 59.9 Å². The quantitative estimate of drug-likeness (QED) is 0.928. The van der Waals surface area contributed by atoms with Gasteiger partial charge in [0.2, 0.25) is 10.0 Å². The zero-order valence-corrected chi connectivity index (χ0v) is 13.1. The second-order valence-corrected chi connectivity index (χ2v) is 7.27. The molecule has 0 bridgehead atoms. The number of hydrogen-bond donors (Lipinski definition) is 1. The molecule has 2 heterocycles. The average Bonchev–Trinajstić information content (AvgIpc) is 3.06. The highest BCUT2D eigenvalue weighted by molar-refractivity contribution is 7.89. The van der Waals surface area contributed by atoms with Crippen molar-refractivity contribution in [2.75, 3.05) is 6.54 Å². The predicted molar refractivity (Wildman–Crippen MR) is 83.5 cm³/mol. The first kappa shape index (κ1) is 15.6. The van der Waals surface area contributed by atoms with Gasteiger partial charge in [0.05, 0.1) is 16.5 Å². The Balaban J connectivity index is 1.93. The lowest BCUT2D eigenvalue weighted by Gasteiger charge is -2.24. The highest BCUT2D eigenvalue weighted by Gasteiger charge is 2.36. The normalized spacial score (nSPS) is 18.9. The molecule has 1 saturated heterocycles. The fraction of sp³-hybridized carbons (Fsp3) is 0.250. The summed E-state index contributed by atoms with van der Waals surface area (Å²) in [5.74, 6) is -1.08. The standard InChI is InChI=1S/C16H16N2O4S/c19-16(20)13-3-5-14(6-4-13)23(21,22)18-11-1-2-15(18)12-7-9-17-10-8-12/h3-10,15H,1-2,11H2,(H,19,20)/t15-/m0/s1. The van der Waals surface area contributed by atoms with E-state index in [9.17, 15) is 13.2 Å². The van der Waals surface area contributed by atoms with E-state index < -0.39 is 16.0 Å². The summed E-state index contributed by atoms with van der Waals surface area (Å²) in [6.45, 7) is 0.454. The summed E-state index contributed by atoms with van der Waals surface area (Å²) in [7, 11) is -3.66. The number of benzene rings is 1. The van der Waals surface area contributed by atoms with Crippen LogP contribution in [0.4, 0.5) is 0 Å². The minimum atomic E-state index is -3.66. The number of carboxylic acid groups (broad SMARTS) is 1. The topological polar surface area (TPSA) is 87.6 Å². The monoisotopic (exact) mass is 332 g/mol. The van der Waals surface area contributed by atoms with Crippen molar-refractivity contribution in [2.24, 2.45) is 0 Å². The lowest BCUT2D eigenvalue weighted by Crippen LogP contribution is -2.30. The predicted octanol–water partition coefficient (Wildman–Crippen LogP) is 2.31. The molecule has 1 aliphatic rings. The molecule has 23 heavy (non-hydrogen) atoms. The SMILES string of the molecule is O=C(O)c1ccc(S(=O)(=O)N2CCC[C@H]2c2ccncc2)cc1. The summed E-state index contributed by atoms with van der Waals surface area (Å²) in [6, 6.07) is 8.76. The Hall–Kier alpha value is -2.25. The Labute approximate surface area is 134 Å². The molecule has 0 radical (unpaired) electrons. The van der Waals surface area contributed by atoms with E-state index in [2.05, 4.69) is 4.98 Å². The average molecular weight is 332 g/mol. The van der Waals surface area contributed by atoms with Crippen molar-refractivity contribution < 1.29 is 18.3 Å². The Kier molecular flexibility index (Phi) is 4.14. The number of carboxylic acids is 1. The molecule has 6 nitrogen and oxygen atoms in total. The van der Waals surface area contributed by atoms with E-state index in [0.29, 0.717) is 6.54 Å². The number of hydrogen-bond acceptors (Lipinski definition) is 4. The first-order chi connectivity index (χ1) is 11.0. The Morgan fingerprint density at radius 1 is 1.13 bits per heavy atom. The van der Waals surface area contributed by atoms with Crippen LogP contribution < -0.4 is 0 Å². The Morgan fingerprint density at radius 2 is 1.78 bits per heavy atom. The van der Waals surface area contributed by atoms with E-state index in [1.54, 1.807) is 12.4 Å². The van der Waals surface area contributed by atoms with E-state index in [4.69, 9.17) is 5.11 Å². The molecule has 0 saturated carbocycles. The molecular formula is C16H16N2O4S. The van der Waals surface area contributed by atoms with E-state index in [0.717, 1.165) is 18.4 Å². The number of aromatic carboxylic acids is 1. The molecule has 0 aliphatic carbocycles. The molecular weight excluding hydrogens is 316 g/mol. The van der Waals surface area contributed by atoms with Gasteiger partial charge in [-0.2, -0.15) is 4.31 Å². The number of pyridine rings is 1. The van der Waals surface area contributed by atoms with E-state index in [-0.39, 0.29) is 16.5 Å². The maximum atomic E-state index is 12.9. The third-order valence-corrected chi connectivity index (χ3v) is 5.92. The number of aromatic nitrogens is 1. The molecule has 0 amide bonds. The first-order valence-corrected chi connectivity index (χ1v) is 8.69. The minimum Gasteiger partial charge on any atom is -0.478 e. The second-order valence-electron chi connectivity index (χ2n) is 5.38. The van der Waals surface area contributed by atoms with Gasteiger partial charge in [-0.1, -0.05) is 0 Å². The number of nitrogens with zero attached hydrogens (tertiary/aromatic N) is 2. The molecule has 1 fully saturated rings. The summed E-state index contributed by atoms with van der Waals surface area (Å²) in [5, 5.41) is 8.91. The smallest absolute Gasteiger partial charge is 0.335 e. The highest BCUT2D eigenvalue weighted by atomic mass is 32.2. The zero-order chi connectivity index (χ0) is 16.4. The van der Waals surface area contributed by atoms with Crippen LogP contribution in [0.1, 0.15) is 34.8 Å². The fourth-order valence-electron chi connectivity index (χ4n) is 2.85. The van der Waals surface area contributed by atoms with Crippen LogP contribution in [0.5, 0.6) is 0 Å². The van der Waals surface area contributed by atoms with Crippen molar-refractivity contribution in [2.45, 2.75) is 23.8 Å². The molecule has 7 heteroatoms. The Morgan fingerprint density at radius 3 is 2.39 bits per heavy atom. The zero-order valence-electron chi connectivity index (χ0n) is 12.3. The molecule has 3 rings (SSSR count). The molecule has 1 N–H and O–H groups in total. The number of rotatable bonds is 4. The number of carbonyl (C=O) groups is 1. The lowest BCUT2D eigenvalue weighted by atomic mass is 10.1. The van der Waals surface area contributed by atoms with Gasteiger partial charge < -0.3 is 5.11 Å². The second kappa shape index (κ2) is 6.10. The summed E-state index contributed by atoms with van der Waals surface area (Å²) >= 11 is 0. The molecule has 0 spiro atoms. The molecule has 0 unspecified atom stereocenters. The maximum absolute atomic E-state index is 12.9. The minimum absolute atomic E-state index is 0.0658. The van der Waals surface area contributed by atoms with Gasteiger partial charge in [-0.05, 0) is 54.8 Å². The van der Waals surface area contributed by atoms with E-state index in [1.165, 1.54) is 28.6 Å². The summed E-state index contributed by atoms with van der Waals surface area (Å²) in [6.07, 6.45) is 4.86. The van der Waals surface area contributed by atoms with Gasteiger partial charge >= 0.3 is 5.97 Å². The van der Waals surface area contributed by atoms with Crippen LogP contribution >= 0.6 is 0 Å². The lowest BCUT2D eigenvalue weighted by molar-refractivity contribution is 0.0696. The van der Waals surface area contributed by atoms with Crippen LogP contribution in [0, 0.1) is 0 Å². The van der Waals surface area contributed by atoms with Crippen molar-refractivity contribution in [1.29, 1.82) is 0 Å². The van der Waals surface area contributed by atoms with Gasteiger partial charge in [-0.25, -0.2) is 13.2 Å². The van der Waals surface area contributed by atoms with Crippen molar-refractivity contribution in [3.63, 3.8) is 0 Å². The van der Waals surface area contributed by atoms with Gasteiger partial charge in [0, 0.05) is 18.9 Å². The molecule has 1 atom stereocenters. The largest absolute Gasteiger partial charge is 0.478 e. The highest BCUT2D eigenvalue weighted by Crippen LogP contribution is 2.36. The van der Waals surface area contributed by atoms with Crippen molar-refractivity contribution in [1.82, 2.24) is 9.29 Å².